The fourth-order valence-corrected chi connectivity index (χ4v) is 4.55. The third kappa shape index (κ3) is 4.40. The minimum absolute atomic E-state index is 0.0964. The SMILES string of the molecule is CCc1ccc(C(=O)N(CC)CC(=O)O)cc1S(=O)(=O)N1CCOCC1. The van der Waals surface area contributed by atoms with Crippen molar-refractivity contribution in [3.05, 3.63) is 29.3 Å². The highest BCUT2D eigenvalue weighted by molar-refractivity contribution is 7.89. The number of morpholine rings is 1. The first-order valence-corrected chi connectivity index (χ1v) is 9.97. The van der Waals surface area contributed by atoms with Crippen LogP contribution in [0.5, 0.6) is 0 Å². The van der Waals surface area contributed by atoms with Crippen LogP contribution in [0.3, 0.4) is 0 Å². The monoisotopic (exact) mass is 384 g/mol. The molecule has 1 amide bonds. The van der Waals surface area contributed by atoms with E-state index in [0.29, 0.717) is 25.2 Å². The molecule has 0 unspecified atom stereocenters. The van der Waals surface area contributed by atoms with E-state index in [-0.39, 0.29) is 30.1 Å². The van der Waals surface area contributed by atoms with Crippen LogP contribution in [0, 0.1) is 0 Å². The lowest BCUT2D eigenvalue weighted by Crippen LogP contribution is -2.41. The first-order chi connectivity index (χ1) is 12.3. The summed E-state index contributed by atoms with van der Waals surface area (Å²) in [5.74, 6) is -1.62. The summed E-state index contributed by atoms with van der Waals surface area (Å²) in [5.41, 5.74) is 0.784. The molecule has 1 saturated heterocycles. The largest absolute Gasteiger partial charge is 0.480 e. The Morgan fingerprint density at radius 3 is 2.42 bits per heavy atom. The Balaban J connectivity index is 2.42. The predicted molar refractivity (Wildman–Crippen MR) is 94.6 cm³/mol. The molecule has 144 valence electrons. The molecule has 1 aromatic carbocycles. The Bertz CT molecular complexity index is 771. The summed E-state index contributed by atoms with van der Waals surface area (Å²) in [5, 5.41) is 8.94. The molecule has 0 spiro atoms. The maximum Gasteiger partial charge on any atom is 0.323 e. The van der Waals surface area contributed by atoms with Crippen molar-refractivity contribution in [3.8, 4) is 0 Å². The van der Waals surface area contributed by atoms with Crippen LogP contribution in [0.4, 0.5) is 0 Å². The van der Waals surface area contributed by atoms with Gasteiger partial charge in [0.05, 0.1) is 18.1 Å². The van der Waals surface area contributed by atoms with Gasteiger partial charge in [0.25, 0.3) is 5.91 Å². The van der Waals surface area contributed by atoms with Crippen LogP contribution < -0.4 is 0 Å². The summed E-state index contributed by atoms with van der Waals surface area (Å²) >= 11 is 0. The molecule has 2 rings (SSSR count). The van der Waals surface area contributed by atoms with Crippen molar-refractivity contribution >= 4 is 21.9 Å². The van der Waals surface area contributed by atoms with E-state index >= 15 is 0 Å². The Morgan fingerprint density at radius 2 is 1.88 bits per heavy atom. The molecule has 1 fully saturated rings. The molecule has 0 bridgehead atoms. The number of carboxylic acids is 1. The fourth-order valence-electron chi connectivity index (χ4n) is 2.82. The molecule has 0 aromatic heterocycles. The van der Waals surface area contributed by atoms with Crippen LogP contribution in [0.15, 0.2) is 23.1 Å². The lowest BCUT2D eigenvalue weighted by Gasteiger charge is -2.27. The molecule has 1 aliphatic heterocycles. The lowest BCUT2D eigenvalue weighted by molar-refractivity contribution is -0.137. The van der Waals surface area contributed by atoms with Crippen LogP contribution in [0.25, 0.3) is 0 Å². The highest BCUT2D eigenvalue weighted by Crippen LogP contribution is 2.24. The molecule has 0 radical (unpaired) electrons. The first-order valence-electron chi connectivity index (χ1n) is 8.53. The van der Waals surface area contributed by atoms with Gasteiger partial charge in [0, 0.05) is 25.2 Å². The van der Waals surface area contributed by atoms with E-state index in [2.05, 4.69) is 0 Å². The number of hydrogen-bond donors (Lipinski definition) is 1. The minimum Gasteiger partial charge on any atom is -0.480 e. The number of carboxylic acid groups (broad SMARTS) is 1. The van der Waals surface area contributed by atoms with Gasteiger partial charge in [-0.25, -0.2) is 8.42 Å². The van der Waals surface area contributed by atoms with E-state index in [1.165, 1.54) is 10.4 Å². The van der Waals surface area contributed by atoms with Crippen LogP contribution in [0.2, 0.25) is 0 Å². The molecule has 1 aliphatic rings. The van der Waals surface area contributed by atoms with Crippen LogP contribution in [-0.2, 0) is 26.0 Å². The van der Waals surface area contributed by atoms with Gasteiger partial charge < -0.3 is 14.7 Å². The van der Waals surface area contributed by atoms with Gasteiger partial charge in [0.15, 0.2) is 0 Å². The maximum atomic E-state index is 13.0. The van der Waals surface area contributed by atoms with E-state index in [1.807, 2.05) is 6.92 Å². The normalized spacial score (nSPS) is 15.6. The van der Waals surface area contributed by atoms with Gasteiger partial charge in [0.2, 0.25) is 10.0 Å². The molecule has 1 N–H and O–H groups in total. The van der Waals surface area contributed by atoms with E-state index in [9.17, 15) is 18.0 Å². The van der Waals surface area contributed by atoms with E-state index in [4.69, 9.17) is 9.84 Å². The molecule has 9 heteroatoms. The topological polar surface area (TPSA) is 104 Å². The average Bonchev–Trinajstić information content (AvgIpc) is 2.65. The summed E-state index contributed by atoms with van der Waals surface area (Å²) in [6, 6.07) is 4.52. The van der Waals surface area contributed by atoms with Crippen molar-refractivity contribution in [2.45, 2.75) is 25.2 Å². The number of amides is 1. The molecular weight excluding hydrogens is 360 g/mol. The number of nitrogens with zero attached hydrogens (tertiary/aromatic N) is 2. The van der Waals surface area contributed by atoms with E-state index in [1.54, 1.807) is 19.1 Å². The molecular formula is C17H24N2O6S. The van der Waals surface area contributed by atoms with E-state index < -0.39 is 28.4 Å². The number of carbonyl (C=O) groups excluding carboxylic acids is 1. The second kappa shape index (κ2) is 8.61. The van der Waals surface area contributed by atoms with Crippen molar-refractivity contribution in [2.75, 3.05) is 39.4 Å². The van der Waals surface area contributed by atoms with E-state index in [0.717, 1.165) is 4.90 Å². The van der Waals surface area contributed by atoms with Gasteiger partial charge in [-0.1, -0.05) is 13.0 Å². The Kier molecular flexibility index (Phi) is 6.74. The number of ether oxygens (including phenoxy) is 1. The van der Waals surface area contributed by atoms with Crippen molar-refractivity contribution in [1.82, 2.24) is 9.21 Å². The predicted octanol–water partition coefficient (Wildman–Crippen LogP) is 0.817. The standard InChI is InChI=1S/C17H24N2O6S/c1-3-13-5-6-14(17(22)18(4-2)12-16(20)21)11-15(13)26(23,24)19-7-9-25-10-8-19/h5-6,11H,3-4,7-10,12H2,1-2H3,(H,20,21). The number of aryl methyl sites for hydroxylation is 1. The van der Waals surface area contributed by atoms with Gasteiger partial charge in [-0.2, -0.15) is 4.31 Å². The van der Waals surface area contributed by atoms with Crippen LogP contribution in [-0.4, -0.2) is 74.0 Å². The molecule has 0 aliphatic carbocycles. The highest BCUT2D eigenvalue weighted by atomic mass is 32.2. The second-order valence-electron chi connectivity index (χ2n) is 5.91. The van der Waals surface area contributed by atoms with Gasteiger partial charge >= 0.3 is 5.97 Å². The van der Waals surface area contributed by atoms with Crippen molar-refractivity contribution < 1.29 is 27.9 Å². The number of hydrogen-bond acceptors (Lipinski definition) is 5. The average molecular weight is 384 g/mol. The zero-order valence-electron chi connectivity index (χ0n) is 15.0. The second-order valence-corrected chi connectivity index (χ2v) is 7.81. The smallest absolute Gasteiger partial charge is 0.323 e. The van der Waals surface area contributed by atoms with Gasteiger partial charge in [-0.15, -0.1) is 0 Å². The van der Waals surface area contributed by atoms with Gasteiger partial charge in [0.1, 0.15) is 6.54 Å². The van der Waals surface area contributed by atoms with Crippen LogP contribution >= 0.6 is 0 Å². The maximum absolute atomic E-state index is 13.0. The Labute approximate surface area is 153 Å². The molecule has 1 aromatic rings. The number of benzene rings is 1. The zero-order valence-corrected chi connectivity index (χ0v) is 15.8. The molecule has 26 heavy (non-hydrogen) atoms. The lowest BCUT2D eigenvalue weighted by atomic mass is 10.1. The highest BCUT2D eigenvalue weighted by Gasteiger charge is 2.29. The summed E-state index contributed by atoms with van der Waals surface area (Å²) in [6.45, 7) is 4.50. The minimum atomic E-state index is -3.75. The molecule has 8 nitrogen and oxygen atoms in total. The third-order valence-corrected chi connectivity index (χ3v) is 6.26. The first kappa shape index (κ1) is 20.3. The Morgan fingerprint density at radius 1 is 1.23 bits per heavy atom. The van der Waals surface area contributed by atoms with Crippen molar-refractivity contribution in [1.29, 1.82) is 0 Å². The number of rotatable bonds is 7. The summed E-state index contributed by atoms with van der Waals surface area (Å²) in [6.07, 6.45) is 0.500. The zero-order chi connectivity index (χ0) is 19.3. The summed E-state index contributed by atoms with van der Waals surface area (Å²) < 4.78 is 32.6. The number of aliphatic carboxylic acids is 1. The van der Waals surface area contributed by atoms with Crippen molar-refractivity contribution in [2.24, 2.45) is 0 Å². The number of sulfonamides is 1. The van der Waals surface area contributed by atoms with Gasteiger partial charge in [-0.3, -0.25) is 9.59 Å². The molecule has 0 saturated carbocycles. The molecule has 1 heterocycles. The fraction of sp³-hybridized carbons (Fsp3) is 0.529. The number of likely N-dealkylation sites (N-methyl/N-ethyl adjacent to an activating group) is 1. The number of carbonyl (C=O) groups is 2. The Hall–Kier alpha value is -1.97. The summed E-state index contributed by atoms with van der Waals surface area (Å²) in [4.78, 5) is 24.8. The molecule has 0 atom stereocenters. The third-order valence-electron chi connectivity index (χ3n) is 4.28. The quantitative estimate of drug-likeness (QED) is 0.746. The van der Waals surface area contributed by atoms with Crippen LogP contribution in [0.1, 0.15) is 29.8 Å². The summed E-state index contributed by atoms with van der Waals surface area (Å²) in [7, 11) is -3.75. The van der Waals surface area contributed by atoms with Gasteiger partial charge in [-0.05, 0) is 31.0 Å². The van der Waals surface area contributed by atoms with Crippen molar-refractivity contribution in [3.63, 3.8) is 0 Å².